The Morgan fingerprint density at radius 1 is 1.21 bits per heavy atom. The summed E-state index contributed by atoms with van der Waals surface area (Å²) in [6, 6.07) is 16.3. The van der Waals surface area contributed by atoms with Crippen LogP contribution in [-0.4, -0.2) is 22.8 Å². The molecule has 0 saturated heterocycles. The lowest BCUT2D eigenvalue weighted by atomic mass is 10.2. The highest BCUT2D eigenvalue weighted by Crippen LogP contribution is 2.19. The predicted octanol–water partition coefficient (Wildman–Crippen LogP) is 3.85. The van der Waals surface area contributed by atoms with E-state index in [-0.39, 0.29) is 5.91 Å². The topological polar surface area (TPSA) is 56.1 Å². The van der Waals surface area contributed by atoms with Gasteiger partial charge in [0, 0.05) is 16.7 Å². The van der Waals surface area contributed by atoms with Crippen LogP contribution in [-0.2, 0) is 6.54 Å². The van der Waals surface area contributed by atoms with E-state index in [0.717, 1.165) is 5.56 Å². The van der Waals surface area contributed by atoms with Gasteiger partial charge in [-0.2, -0.15) is 5.10 Å². The lowest BCUT2D eigenvalue weighted by Crippen LogP contribution is -2.16. The first-order valence-electron chi connectivity index (χ1n) is 7.38. The molecule has 6 heteroatoms. The van der Waals surface area contributed by atoms with Crippen LogP contribution in [0.3, 0.4) is 0 Å². The summed E-state index contributed by atoms with van der Waals surface area (Å²) in [5.41, 5.74) is 1.44. The second kappa shape index (κ2) is 7.19. The summed E-state index contributed by atoms with van der Waals surface area (Å²) < 4.78 is 6.84. The third kappa shape index (κ3) is 3.58. The van der Waals surface area contributed by atoms with Crippen molar-refractivity contribution in [1.29, 1.82) is 0 Å². The van der Waals surface area contributed by atoms with E-state index < -0.39 is 0 Å². The Balaban J connectivity index is 1.78. The molecule has 122 valence electrons. The smallest absolute Gasteiger partial charge is 0.256 e. The van der Waals surface area contributed by atoms with Crippen LogP contribution in [0.2, 0.25) is 5.02 Å². The molecule has 0 aliphatic heterocycles. The number of rotatable bonds is 5. The maximum absolute atomic E-state index is 12.4. The van der Waals surface area contributed by atoms with Gasteiger partial charge in [-0.25, -0.2) is 4.68 Å². The minimum atomic E-state index is -0.227. The van der Waals surface area contributed by atoms with Crippen molar-refractivity contribution in [3.05, 3.63) is 76.9 Å². The van der Waals surface area contributed by atoms with Gasteiger partial charge in [0.25, 0.3) is 5.91 Å². The van der Waals surface area contributed by atoms with Crippen LogP contribution in [0.4, 0.5) is 5.82 Å². The van der Waals surface area contributed by atoms with Crippen LogP contribution in [0.1, 0.15) is 15.9 Å². The van der Waals surface area contributed by atoms with E-state index in [4.69, 9.17) is 16.3 Å². The molecule has 0 fully saturated rings. The molecule has 1 aromatic heterocycles. The zero-order chi connectivity index (χ0) is 16.9. The number of amides is 1. The second-order valence-corrected chi connectivity index (χ2v) is 5.56. The van der Waals surface area contributed by atoms with Crippen LogP contribution in [0, 0.1) is 0 Å². The minimum absolute atomic E-state index is 0.227. The molecule has 1 amide bonds. The van der Waals surface area contributed by atoms with E-state index in [2.05, 4.69) is 10.4 Å². The van der Waals surface area contributed by atoms with Crippen LogP contribution >= 0.6 is 11.6 Å². The SMILES string of the molecule is COc1cccc(C(=O)Nc2ccnn2Cc2ccccc2Cl)c1. The van der Waals surface area contributed by atoms with Crippen LogP contribution in [0.15, 0.2) is 60.8 Å². The summed E-state index contributed by atoms with van der Waals surface area (Å²) in [5, 5.41) is 7.78. The molecule has 2 aromatic carbocycles. The van der Waals surface area contributed by atoms with Gasteiger partial charge in [-0.1, -0.05) is 35.9 Å². The van der Waals surface area contributed by atoms with Crippen molar-refractivity contribution in [1.82, 2.24) is 9.78 Å². The fourth-order valence-electron chi connectivity index (χ4n) is 2.31. The molecule has 0 bridgehead atoms. The highest BCUT2D eigenvalue weighted by molar-refractivity contribution is 6.31. The van der Waals surface area contributed by atoms with Crippen molar-refractivity contribution in [3.63, 3.8) is 0 Å². The van der Waals surface area contributed by atoms with Crippen molar-refractivity contribution >= 4 is 23.3 Å². The molecule has 0 atom stereocenters. The van der Waals surface area contributed by atoms with Gasteiger partial charge < -0.3 is 10.1 Å². The summed E-state index contributed by atoms with van der Waals surface area (Å²) in [6.45, 7) is 0.473. The number of halogens is 1. The molecule has 1 heterocycles. The highest BCUT2D eigenvalue weighted by Gasteiger charge is 2.11. The number of carbonyl (C=O) groups is 1. The fraction of sp³-hybridized carbons (Fsp3) is 0.111. The van der Waals surface area contributed by atoms with E-state index in [1.54, 1.807) is 48.3 Å². The van der Waals surface area contributed by atoms with E-state index in [1.165, 1.54) is 0 Å². The molecule has 0 aliphatic rings. The van der Waals surface area contributed by atoms with Gasteiger partial charge in [0.15, 0.2) is 0 Å². The third-order valence-electron chi connectivity index (χ3n) is 3.57. The predicted molar refractivity (Wildman–Crippen MR) is 93.7 cm³/mol. The molecule has 5 nitrogen and oxygen atoms in total. The molecular formula is C18H16ClN3O2. The van der Waals surface area contributed by atoms with Gasteiger partial charge in [-0.3, -0.25) is 4.79 Å². The van der Waals surface area contributed by atoms with Gasteiger partial charge in [0.2, 0.25) is 0 Å². The van der Waals surface area contributed by atoms with Gasteiger partial charge in [-0.05, 0) is 29.8 Å². The number of hydrogen-bond acceptors (Lipinski definition) is 3. The Hall–Kier alpha value is -2.79. The van der Waals surface area contributed by atoms with Crippen molar-refractivity contribution in [2.75, 3.05) is 12.4 Å². The van der Waals surface area contributed by atoms with Crippen LogP contribution in [0.5, 0.6) is 5.75 Å². The molecule has 0 radical (unpaired) electrons. The van der Waals surface area contributed by atoms with Gasteiger partial charge in [0.05, 0.1) is 19.9 Å². The molecular weight excluding hydrogens is 326 g/mol. The standard InChI is InChI=1S/C18H16ClN3O2/c1-24-15-7-4-6-13(11-15)18(23)21-17-9-10-20-22(17)12-14-5-2-3-8-16(14)19/h2-11H,12H2,1H3,(H,21,23). The number of nitrogens with one attached hydrogen (secondary N) is 1. The number of anilines is 1. The molecule has 24 heavy (non-hydrogen) atoms. The number of nitrogens with zero attached hydrogens (tertiary/aromatic N) is 2. The van der Waals surface area contributed by atoms with E-state index >= 15 is 0 Å². The minimum Gasteiger partial charge on any atom is -0.497 e. The monoisotopic (exact) mass is 341 g/mol. The first-order valence-corrected chi connectivity index (χ1v) is 7.76. The molecule has 0 aliphatic carbocycles. The number of benzene rings is 2. The Morgan fingerprint density at radius 2 is 2.04 bits per heavy atom. The quantitative estimate of drug-likeness (QED) is 0.767. The molecule has 3 aromatic rings. The Kier molecular flexibility index (Phi) is 4.82. The fourth-order valence-corrected chi connectivity index (χ4v) is 2.50. The molecule has 3 rings (SSSR count). The Labute approximate surface area is 144 Å². The largest absolute Gasteiger partial charge is 0.497 e. The maximum Gasteiger partial charge on any atom is 0.256 e. The van der Waals surface area contributed by atoms with Crippen LogP contribution < -0.4 is 10.1 Å². The number of ether oxygens (including phenoxy) is 1. The molecule has 0 saturated carbocycles. The maximum atomic E-state index is 12.4. The molecule has 0 unspecified atom stereocenters. The average molecular weight is 342 g/mol. The lowest BCUT2D eigenvalue weighted by molar-refractivity contribution is 0.102. The summed E-state index contributed by atoms with van der Waals surface area (Å²) in [6.07, 6.45) is 1.64. The number of carbonyl (C=O) groups excluding carboxylic acids is 1. The summed E-state index contributed by atoms with van der Waals surface area (Å²) in [7, 11) is 1.57. The lowest BCUT2D eigenvalue weighted by Gasteiger charge is -2.10. The van der Waals surface area contributed by atoms with Crippen molar-refractivity contribution in [2.45, 2.75) is 6.54 Å². The van der Waals surface area contributed by atoms with Crippen molar-refractivity contribution < 1.29 is 9.53 Å². The van der Waals surface area contributed by atoms with E-state index in [0.29, 0.717) is 28.7 Å². The van der Waals surface area contributed by atoms with E-state index in [1.807, 2.05) is 24.3 Å². The third-order valence-corrected chi connectivity index (χ3v) is 3.94. The average Bonchev–Trinajstić information content (AvgIpc) is 3.04. The molecule has 1 N–H and O–H groups in total. The van der Waals surface area contributed by atoms with Gasteiger partial charge in [-0.15, -0.1) is 0 Å². The van der Waals surface area contributed by atoms with Crippen molar-refractivity contribution in [2.24, 2.45) is 0 Å². The Bertz CT molecular complexity index is 861. The number of methoxy groups -OCH3 is 1. The summed E-state index contributed by atoms with van der Waals surface area (Å²) in [5.74, 6) is 1.00. The summed E-state index contributed by atoms with van der Waals surface area (Å²) in [4.78, 5) is 12.4. The zero-order valence-electron chi connectivity index (χ0n) is 13.1. The Morgan fingerprint density at radius 3 is 2.83 bits per heavy atom. The van der Waals surface area contributed by atoms with E-state index in [9.17, 15) is 4.79 Å². The van der Waals surface area contributed by atoms with Crippen LogP contribution in [0.25, 0.3) is 0 Å². The second-order valence-electron chi connectivity index (χ2n) is 5.15. The normalized spacial score (nSPS) is 10.4. The number of aromatic nitrogens is 2. The first-order chi connectivity index (χ1) is 11.7. The summed E-state index contributed by atoms with van der Waals surface area (Å²) >= 11 is 6.19. The van der Waals surface area contributed by atoms with Gasteiger partial charge >= 0.3 is 0 Å². The first kappa shape index (κ1) is 16.1. The van der Waals surface area contributed by atoms with Gasteiger partial charge in [0.1, 0.15) is 11.6 Å². The zero-order valence-corrected chi connectivity index (χ0v) is 13.8. The van der Waals surface area contributed by atoms with Crippen molar-refractivity contribution in [3.8, 4) is 5.75 Å². The number of hydrogen-bond donors (Lipinski definition) is 1. The molecule has 0 spiro atoms. The highest BCUT2D eigenvalue weighted by atomic mass is 35.5.